The summed E-state index contributed by atoms with van der Waals surface area (Å²) in [7, 11) is -2.18. The first kappa shape index (κ1) is 24.8. The maximum absolute atomic E-state index is 13.2. The van der Waals surface area contributed by atoms with Crippen LogP contribution in [0.4, 0.5) is 11.4 Å². The molecule has 1 fully saturated rings. The van der Waals surface area contributed by atoms with Gasteiger partial charge >= 0.3 is 0 Å². The summed E-state index contributed by atoms with van der Waals surface area (Å²) >= 11 is 5.28. The first-order valence-corrected chi connectivity index (χ1v) is 12.6. The molecular formula is C23H25N5O5S2. The summed E-state index contributed by atoms with van der Waals surface area (Å²) in [6.07, 6.45) is 1.62. The largest absolute Gasteiger partial charge is 0.497 e. The maximum atomic E-state index is 13.2. The van der Waals surface area contributed by atoms with Gasteiger partial charge in [-0.3, -0.25) is 0 Å². The number of aromatic nitrogens is 1. The number of nitrogens with zero attached hydrogens (tertiary/aromatic N) is 4. The van der Waals surface area contributed by atoms with Gasteiger partial charge in [0.05, 0.1) is 30.7 Å². The summed E-state index contributed by atoms with van der Waals surface area (Å²) in [5.74, 6) is 0.475. The zero-order valence-electron chi connectivity index (χ0n) is 19.0. The van der Waals surface area contributed by atoms with Gasteiger partial charge in [0.1, 0.15) is 5.75 Å². The summed E-state index contributed by atoms with van der Waals surface area (Å²) in [6, 6.07) is 11.8. The third-order valence-electron chi connectivity index (χ3n) is 5.46. The zero-order chi connectivity index (χ0) is 25.0. The van der Waals surface area contributed by atoms with E-state index in [0.717, 1.165) is 0 Å². The fraction of sp³-hybridized carbons (Fsp3) is 0.261. The van der Waals surface area contributed by atoms with Crippen molar-refractivity contribution < 1.29 is 23.0 Å². The molecule has 1 aromatic heterocycles. The van der Waals surface area contributed by atoms with Crippen molar-refractivity contribution >= 4 is 49.6 Å². The smallest absolute Gasteiger partial charge is 0.243 e. The first-order chi connectivity index (χ1) is 16.8. The molecule has 0 radical (unpaired) electrons. The summed E-state index contributed by atoms with van der Waals surface area (Å²) in [5, 5.41) is 22.5. The molecular weight excluding hydrogens is 490 g/mol. The lowest BCUT2D eigenvalue weighted by Gasteiger charge is -2.26. The Hall–Kier alpha value is -3.32. The molecule has 0 aliphatic carbocycles. The zero-order valence-corrected chi connectivity index (χ0v) is 20.7. The Kier molecular flexibility index (Phi) is 7.45. The van der Waals surface area contributed by atoms with E-state index in [-0.39, 0.29) is 34.7 Å². The van der Waals surface area contributed by atoms with E-state index in [1.165, 1.54) is 16.4 Å². The third-order valence-corrected chi connectivity index (χ3v) is 7.54. The number of fused-ring (bicyclic) bond motifs is 1. The van der Waals surface area contributed by atoms with Crippen LogP contribution < -0.4 is 10.1 Å². The van der Waals surface area contributed by atoms with Crippen LogP contribution in [0.25, 0.3) is 10.9 Å². The molecule has 0 amide bonds. The minimum absolute atomic E-state index is 0.0550. The van der Waals surface area contributed by atoms with Gasteiger partial charge in [-0.05, 0) is 42.5 Å². The van der Waals surface area contributed by atoms with Gasteiger partial charge in [0.15, 0.2) is 5.69 Å². The van der Waals surface area contributed by atoms with Crippen LogP contribution in [0.2, 0.25) is 0 Å². The number of sulfonamides is 1. The van der Waals surface area contributed by atoms with Gasteiger partial charge in [0.25, 0.3) is 0 Å². The van der Waals surface area contributed by atoms with Crippen LogP contribution in [0.3, 0.4) is 0 Å². The molecule has 4 rings (SSSR count). The monoisotopic (exact) mass is 515 g/mol. The van der Waals surface area contributed by atoms with Crippen molar-refractivity contribution in [3.05, 3.63) is 55.1 Å². The van der Waals surface area contributed by atoms with Crippen molar-refractivity contribution in [2.75, 3.05) is 38.7 Å². The molecule has 2 heterocycles. The van der Waals surface area contributed by atoms with E-state index in [1.54, 1.807) is 48.1 Å². The van der Waals surface area contributed by atoms with Gasteiger partial charge in [0, 0.05) is 36.8 Å². The number of thiocarbonyl (C=S) groups is 1. The normalized spacial score (nSPS) is 14.9. The number of anilines is 1. The molecule has 0 bridgehead atoms. The van der Waals surface area contributed by atoms with Gasteiger partial charge in [0.2, 0.25) is 21.0 Å². The van der Waals surface area contributed by atoms with Crippen molar-refractivity contribution in [3.8, 4) is 11.6 Å². The number of azo groups is 1. The molecule has 2 N–H and O–H groups in total. The molecule has 1 saturated heterocycles. The van der Waals surface area contributed by atoms with Crippen molar-refractivity contribution in [2.45, 2.75) is 11.4 Å². The second-order valence-electron chi connectivity index (χ2n) is 7.63. The highest BCUT2D eigenvalue weighted by Gasteiger charge is 2.28. The highest BCUT2D eigenvalue weighted by molar-refractivity contribution is 7.89. The molecule has 1 aliphatic heterocycles. The number of nitrogens with one attached hydrogen (secondary N) is 1. The van der Waals surface area contributed by atoms with Crippen LogP contribution in [-0.4, -0.2) is 60.9 Å². The standard InChI is InChI=1S/C23H25N5O5S2/c1-3-9-28-20-8-7-18(35(30,31)27-10-12-33-13-11-27)15-19(20)21(22(28)29)25-26-23(34)24-16-5-4-6-17(14-16)32-2/h3-8,14-15,29H,1,9-13H2,2H3,(H,24,34). The average molecular weight is 516 g/mol. The van der Waals surface area contributed by atoms with Crippen molar-refractivity contribution in [1.82, 2.24) is 8.87 Å². The Labute approximate surface area is 208 Å². The Morgan fingerprint density at radius 3 is 2.77 bits per heavy atom. The van der Waals surface area contributed by atoms with Crippen LogP contribution >= 0.6 is 12.2 Å². The highest BCUT2D eigenvalue weighted by atomic mass is 32.2. The molecule has 0 unspecified atom stereocenters. The second kappa shape index (κ2) is 10.5. The van der Waals surface area contributed by atoms with Gasteiger partial charge in [-0.25, -0.2) is 8.42 Å². The van der Waals surface area contributed by atoms with Crippen LogP contribution in [0.15, 0.2) is 70.2 Å². The number of hydrogen-bond donors (Lipinski definition) is 2. The minimum atomic E-state index is -3.74. The number of hydrogen-bond acceptors (Lipinski definition) is 7. The van der Waals surface area contributed by atoms with Crippen LogP contribution in [0, 0.1) is 0 Å². The fourth-order valence-corrected chi connectivity index (χ4v) is 5.35. The van der Waals surface area contributed by atoms with E-state index in [0.29, 0.717) is 42.1 Å². The van der Waals surface area contributed by atoms with Gasteiger partial charge < -0.3 is 24.5 Å². The predicted octanol–water partition coefficient (Wildman–Crippen LogP) is 4.04. The number of allylic oxidation sites excluding steroid dienone is 1. The van der Waals surface area contributed by atoms with Gasteiger partial charge in [-0.2, -0.15) is 4.31 Å². The van der Waals surface area contributed by atoms with Crippen LogP contribution in [-0.2, 0) is 21.3 Å². The number of rotatable bonds is 7. The molecule has 2 aromatic carbocycles. The Balaban J connectivity index is 1.70. The van der Waals surface area contributed by atoms with Crippen LogP contribution in [0.5, 0.6) is 11.6 Å². The van der Waals surface area contributed by atoms with Crippen molar-refractivity contribution in [3.63, 3.8) is 0 Å². The Morgan fingerprint density at radius 2 is 2.06 bits per heavy atom. The van der Waals surface area contributed by atoms with Gasteiger partial charge in [-0.1, -0.05) is 12.1 Å². The summed E-state index contributed by atoms with van der Waals surface area (Å²) in [4.78, 5) is 0.0937. The molecule has 12 heteroatoms. The molecule has 1 aliphatic rings. The summed E-state index contributed by atoms with van der Waals surface area (Å²) < 4.78 is 39.8. The second-order valence-corrected chi connectivity index (χ2v) is 9.95. The van der Waals surface area contributed by atoms with E-state index >= 15 is 0 Å². The molecule has 0 saturated carbocycles. The van der Waals surface area contributed by atoms with E-state index in [9.17, 15) is 13.5 Å². The van der Waals surface area contributed by atoms with E-state index < -0.39 is 10.0 Å². The first-order valence-electron chi connectivity index (χ1n) is 10.8. The highest BCUT2D eigenvalue weighted by Crippen LogP contribution is 2.40. The quantitative estimate of drug-likeness (QED) is 0.277. The topological polar surface area (TPSA) is 118 Å². The lowest BCUT2D eigenvalue weighted by atomic mass is 10.2. The Bertz CT molecular complexity index is 1390. The number of morpholine rings is 1. The lowest BCUT2D eigenvalue weighted by Crippen LogP contribution is -2.40. The molecule has 3 aromatic rings. The molecule has 184 valence electrons. The molecule has 10 nitrogen and oxygen atoms in total. The maximum Gasteiger partial charge on any atom is 0.243 e. The van der Waals surface area contributed by atoms with E-state index in [4.69, 9.17) is 21.7 Å². The molecule has 35 heavy (non-hydrogen) atoms. The fourth-order valence-electron chi connectivity index (χ4n) is 3.76. The van der Waals surface area contributed by atoms with E-state index in [1.807, 2.05) is 0 Å². The third kappa shape index (κ3) is 5.20. The number of aromatic hydroxyl groups is 1. The van der Waals surface area contributed by atoms with Crippen molar-refractivity contribution in [2.24, 2.45) is 10.2 Å². The SMILES string of the molecule is C=CCn1c(O)c(N=NC(=S)Nc2cccc(OC)c2)c2cc(S(=O)(=O)N3CCOCC3)ccc21. The minimum Gasteiger partial charge on any atom is -0.497 e. The molecule has 0 spiro atoms. The predicted molar refractivity (Wildman–Crippen MR) is 137 cm³/mol. The lowest BCUT2D eigenvalue weighted by molar-refractivity contribution is 0.0730. The average Bonchev–Trinajstić information content (AvgIpc) is 3.13. The van der Waals surface area contributed by atoms with Crippen LogP contribution in [0.1, 0.15) is 0 Å². The van der Waals surface area contributed by atoms with E-state index in [2.05, 4.69) is 22.1 Å². The van der Waals surface area contributed by atoms with Crippen molar-refractivity contribution in [1.29, 1.82) is 0 Å². The summed E-state index contributed by atoms with van der Waals surface area (Å²) in [6.45, 7) is 5.26. The number of benzene rings is 2. The Morgan fingerprint density at radius 1 is 1.29 bits per heavy atom. The van der Waals surface area contributed by atoms with Gasteiger partial charge in [-0.15, -0.1) is 16.8 Å². The summed E-state index contributed by atoms with van der Waals surface area (Å²) in [5.41, 5.74) is 1.35. The number of ether oxygens (including phenoxy) is 2. The number of methoxy groups -OCH3 is 1. The molecule has 0 atom stereocenters.